The normalized spacial score (nSPS) is 11.1. The Morgan fingerprint density at radius 1 is 1.25 bits per heavy atom. The highest BCUT2D eigenvalue weighted by molar-refractivity contribution is 5.07. The van der Waals surface area contributed by atoms with Gasteiger partial charge in [0.2, 0.25) is 0 Å². The Morgan fingerprint density at radius 3 is 2.50 bits per heavy atom. The second-order valence-corrected chi connectivity index (χ2v) is 1.39. The molecule has 0 aromatic carbocycles. The van der Waals surface area contributed by atoms with Crippen LogP contribution in [0, 0.1) is 6.58 Å². The molecule has 0 aliphatic carbocycles. The van der Waals surface area contributed by atoms with Crippen molar-refractivity contribution in [2.24, 2.45) is 0 Å². The molecule has 0 saturated heterocycles. The standard InChI is InChI=1S/C8H10/c1-3-5-7-8-6-4-2/h4-8H,3H2,1H3/b7-5+,8-6+. The Balaban J connectivity index is 3.26. The molecule has 0 saturated carbocycles. The molecule has 0 atom stereocenters. The summed E-state index contributed by atoms with van der Waals surface area (Å²) >= 11 is 0. The van der Waals surface area contributed by atoms with E-state index in [4.69, 9.17) is 6.58 Å². The Hall–Kier alpha value is -0.780. The minimum Gasteiger partial charge on any atom is -0.0848 e. The van der Waals surface area contributed by atoms with Gasteiger partial charge in [-0.15, -0.1) is 0 Å². The van der Waals surface area contributed by atoms with Crippen LogP contribution in [0.4, 0.5) is 0 Å². The van der Waals surface area contributed by atoms with E-state index in [1.54, 1.807) is 6.08 Å². The van der Waals surface area contributed by atoms with Crippen LogP contribution in [-0.2, 0) is 0 Å². The summed E-state index contributed by atoms with van der Waals surface area (Å²) in [7, 11) is 0. The molecule has 0 nitrogen and oxygen atoms in total. The smallest absolute Gasteiger partial charge is 0.00990 e. The molecule has 0 bridgehead atoms. The van der Waals surface area contributed by atoms with Crippen molar-refractivity contribution >= 4 is 0 Å². The van der Waals surface area contributed by atoms with Crippen LogP contribution in [-0.4, -0.2) is 0 Å². The maximum absolute atomic E-state index is 6.59. The van der Waals surface area contributed by atoms with Crippen molar-refractivity contribution in [2.45, 2.75) is 13.3 Å². The summed E-state index contributed by atoms with van der Waals surface area (Å²) in [4.78, 5) is 0. The molecule has 0 N–H and O–H groups in total. The summed E-state index contributed by atoms with van der Waals surface area (Å²) < 4.78 is 0. The van der Waals surface area contributed by atoms with Gasteiger partial charge in [-0.25, -0.2) is 0 Å². The molecule has 0 spiro atoms. The van der Waals surface area contributed by atoms with Gasteiger partial charge in [0.15, 0.2) is 0 Å². The number of allylic oxidation sites excluding steroid dienone is 5. The second kappa shape index (κ2) is 6.22. The highest BCUT2D eigenvalue weighted by Gasteiger charge is 1.59. The lowest BCUT2D eigenvalue weighted by Crippen LogP contribution is -1.49. The molecule has 42 valence electrons. The van der Waals surface area contributed by atoms with E-state index >= 15 is 0 Å². The summed E-state index contributed by atoms with van der Waals surface area (Å²) in [6.07, 6.45) is 9.83. The maximum Gasteiger partial charge on any atom is -0.00990 e. The van der Waals surface area contributed by atoms with Gasteiger partial charge in [0.25, 0.3) is 0 Å². The fourth-order valence-corrected chi connectivity index (χ4v) is 0.334. The highest BCUT2D eigenvalue weighted by Crippen LogP contribution is 1.80. The first-order valence-electron chi connectivity index (χ1n) is 2.74. The molecule has 0 fully saturated rings. The van der Waals surface area contributed by atoms with Gasteiger partial charge in [-0.1, -0.05) is 37.3 Å². The van der Waals surface area contributed by atoms with Crippen LogP contribution >= 0.6 is 0 Å². The zero-order valence-corrected chi connectivity index (χ0v) is 5.09. The third-order valence-electron chi connectivity index (χ3n) is 0.690. The van der Waals surface area contributed by atoms with Crippen LogP contribution in [0.15, 0.2) is 30.4 Å². The van der Waals surface area contributed by atoms with E-state index in [2.05, 4.69) is 6.92 Å². The molecular weight excluding hydrogens is 96.1 g/mol. The van der Waals surface area contributed by atoms with Crippen molar-refractivity contribution in [3.8, 4) is 0 Å². The molecule has 8 heavy (non-hydrogen) atoms. The number of rotatable bonds is 3. The monoisotopic (exact) mass is 106 g/mol. The second-order valence-electron chi connectivity index (χ2n) is 1.39. The van der Waals surface area contributed by atoms with Gasteiger partial charge < -0.3 is 0 Å². The van der Waals surface area contributed by atoms with Crippen molar-refractivity contribution in [1.29, 1.82) is 0 Å². The third-order valence-corrected chi connectivity index (χ3v) is 0.690. The molecular formula is C8H10. The first-order chi connectivity index (χ1) is 3.91. The van der Waals surface area contributed by atoms with Crippen molar-refractivity contribution in [3.05, 3.63) is 37.0 Å². The molecule has 0 rings (SSSR count). The lowest BCUT2D eigenvalue weighted by molar-refractivity contribution is 1.22. The van der Waals surface area contributed by atoms with Gasteiger partial charge in [0.1, 0.15) is 0 Å². The average molecular weight is 106 g/mol. The van der Waals surface area contributed by atoms with E-state index in [-0.39, 0.29) is 0 Å². The average Bonchev–Trinajstić information content (AvgIpc) is 1.81. The summed E-state index contributed by atoms with van der Waals surface area (Å²) in [5.41, 5.74) is 0. The lowest BCUT2D eigenvalue weighted by Gasteiger charge is -1.71. The molecule has 2 radical (unpaired) electrons. The van der Waals surface area contributed by atoms with E-state index in [9.17, 15) is 0 Å². The minimum absolute atomic E-state index is 1.06. The summed E-state index contributed by atoms with van der Waals surface area (Å²) in [5, 5.41) is 0. The van der Waals surface area contributed by atoms with Gasteiger partial charge in [-0.05, 0) is 13.0 Å². The molecule has 0 aromatic heterocycles. The lowest BCUT2D eigenvalue weighted by atomic mass is 10.4. The van der Waals surface area contributed by atoms with Crippen LogP contribution in [0.1, 0.15) is 13.3 Å². The van der Waals surface area contributed by atoms with Crippen LogP contribution in [0.3, 0.4) is 0 Å². The fourth-order valence-electron chi connectivity index (χ4n) is 0.334. The van der Waals surface area contributed by atoms with Crippen LogP contribution in [0.5, 0.6) is 0 Å². The molecule has 0 heteroatoms. The predicted octanol–water partition coefficient (Wildman–Crippen LogP) is 2.37. The van der Waals surface area contributed by atoms with Crippen molar-refractivity contribution in [1.82, 2.24) is 0 Å². The summed E-state index contributed by atoms with van der Waals surface area (Å²) in [6.45, 7) is 8.67. The largest absolute Gasteiger partial charge is 0.0848 e. The summed E-state index contributed by atoms with van der Waals surface area (Å²) in [6, 6.07) is 0. The zero-order valence-electron chi connectivity index (χ0n) is 5.09. The Bertz CT molecular complexity index is 96.6. The van der Waals surface area contributed by atoms with Crippen molar-refractivity contribution in [3.63, 3.8) is 0 Å². The summed E-state index contributed by atoms with van der Waals surface area (Å²) in [5.74, 6) is 0. The van der Waals surface area contributed by atoms with Gasteiger partial charge in [-0.3, -0.25) is 0 Å². The third kappa shape index (κ3) is 5.22. The van der Waals surface area contributed by atoms with E-state index in [0.717, 1.165) is 6.42 Å². The maximum atomic E-state index is 6.59. The fraction of sp³-hybridized carbons (Fsp3) is 0.250. The number of hydrogen-bond acceptors (Lipinski definition) is 0. The van der Waals surface area contributed by atoms with Gasteiger partial charge in [-0.2, -0.15) is 0 Å². The van der Waals surface area contributed by atoms with Crippen molar-refractivity contribution < 1.29 is 0 Å². The molecule has 0 aliphatic heterocycles. The minimum atomic E-state index is 1.06. The van der Waals surface area contributed by atoms with E-state index in [1.165, 1.54) is 6.08 Å². The topological polar surface area (TPSA) is 0 Å². The Morgan fingerprint density at radius 2 is 2.00 bits per heavy atom. The van der Waals surface area contributed by atoms with E-state index in [1.807, 2.05) is 18.2 Å². The first-order valence-corrected chi connectivity index (χ1v) is 2.74. The van der Waals surface area contributed by atoms with Gasteiger partial charge >= 0.3 is 0 Å². The van der Waals surface area contributed by atoms with Crippen molar-refractivity contribution in [2.75, 3.05) is 0 Å². The zero-order chi connectivity index (χ0) is 6.24. The van der Waals surface area contributed by atoms with Crippen LogP contribution in [0.2, 0.25) is 0 Å². The SMILES string of the molecule is [C]=C/C=C/C=C/CC. The Kier molecular flexibility index (Phi) is 5.61. The Labute approximate surface area is 51.2 Å². The molecule has 0 aromatic rings. The van der Waals surface area contributed by atoms with Crippen LogP contribution in [0.25, 0.3) is 0 Å². The molecule has 0 amide bonds. The number of hydrogen-bond donors (Lipinski definition) is 0. The molecule has 0 heterocycles. The first kappa shape index (κ1) is 7.22. The highest BCUT2D eigenvalue weighted by atomic mass is 13.7. The predicted molar refractivity (Wildman–Crippen MR) is 36.4 cm³/mol. The van der Waals surface area contributed by atoms with Gasteiger partial charge in [0, 0.05) is 0 Å². The quantitative estimate of drug-likeness (QED) is 0.484. The van der Waals surface area contributed by atoms with E-state index < -0.39 is 0 Å². The van der Waals surface area contributed by atoms with E-state index in [0.29, 0.717) is 0 Å². The van der Waals surface area contributed by atoms with Gasteiger partial charge in [0.05, 0.1) is 0 Å². The van der Waals surface area contributed by atoms with Crippen LogP contribution < -0.4 is 0 Å². The molecule has 0 unspecified atom stereocenters. The molecule has 0 aliphatic rings.